The standard InChI is InChI=1S/C34H34ClN5O5/c1-20-23(7-6-10-27(20)36-30(42)26-17-38(2)33(44)39(3)32(26)43)24-8-5-9-25(29(24)35)28-12-11-21(31(37-28)45-4)16-40-18-34(19-40)14-13-22(41)15-34/h5-12,17H,13-16,18-19H2,1-4H3,(H,36,42). The number of methoxy groups -OCH3 is 1. The normalized spacial score (nSPS) is 15.7. The summed E-state index contributed by atoms with van der Waals surface area (Å²) in [7, 11) is 4.43. The number of ketones is 1. The molecule has 6 rings (SSSR count). The molecular weight excluding hydrogens is 594 g/mol. The number of anilines is 1. The topological polar surface area (TPSA) is 116 Å². The van der Waals surface area contributed by atoms with Crippen LogP contribution in [0.15, 0.2) is 64.3 Å². The van der Waals surface area contributed by atoms with Crippen LogP contribution >= 0.6 is 11.6 Å². The summed E-state index contributed by atoms with van der Waals surface area (Å²) in [5.74, 6) is 0.285. The van der Waals surface area contributed by atoms with Crippen LogP contribution in [-0.2, 0) is 25.4 Å². The lowest BCUT2D eigenvalue weighted by molar-refractivity contribution is -0.119. The van der Waals surface area contributed by atoms with Crippen LogP contribution in [0.4, 0.5) is 5.69 Å². The van der Waals surface area contributed by atoms with Crippen molar-refractivity contribution in [3.8, 4) is 28.3 Å². The molecule has 1 saturated carbocycles. The monoisotopic (exact) mass is 627 g/mol. The van der Waals surface area contributed by atoms with E-state index in [1.165, 1.54) is 24.9 Å². The van der Waals surface area contributed by atoms with Crippen LogP contribution in [-0.4, -0.2) is 50.9 Å². The second-order valence-electron chi connectivity index (χ2n) is 12.1. The second-order valence-corrected chi connectivity index (χ2v) is 12.5. The van der Waals surface area contributed by atoms with Crippen molar-refractivity contribution in [3.63, 3.8) is 0 Å². The number of rotatable bonds is 7. The molecule has 1 aliphatic carbocycles. The minimum atomic E-state index is -0.673. The smallest absolute Gasteiger partial charge is 0.330 e. The third-order valence-electron chi connectivity index (χ3n) is 8.99. The molecule has 45 heavy (non-hydrogen) atoms. The number of nitrogens with zero attached hydrogens (tertiary/aromatic N) is 4. The highest BCUT2D eigenvalue weighted by Crippen LogP contribution is 2.45. The van der Waals surface area contributed by atoms with Gasteiger partial charge in [0.25, 0.3) is 11.5 Å². The number of nitrogens with one attached hydrogen (secondary N) is 1. The summed E-state index contributed by atoms with van der Waals surface area (Å²) in [6.45, 7) is 4.39. The number of amides is 1. The van der Waals surface area contributed by atoms with Crippen LogP contribution in [0.2, 0.25) is 5.02 Å². The van der Waals surface area contributed by atoms with Gasteiger partial charge >= 0.3 is 5.69 Å². The van der Waals surface area contributed by atoms with Crippen molar-refractivity contribution in [2.75, 3.05) is 25.5 Å². The fourth-order valence-electron chi connectivity index (χ4n) is 6.60. The first-order chi connectivity index (χ1) is 21.5. The maximum Gasteiger partial charge on any atom is 0.330 e. The van der Waals surface area contributed by atoms with E-state index in [4.69, 9.17) is 21.3 Å². The Labute approximate surface area is 265 Å². The fourth-order valence-corrected chi connectivity index (χ4v) is 6.92. The average Bonchev–Trinajstić information content (AvgIpc) is 3.41. The first-order valence-corrected chi connectivity index (χ1v) is 15.1. The number of aromatic nitrogens is 3. The number of carbonyl (C=O) groups excluding carboxylic acids is 2. The van der Waals surface area contributed by atoms with Gasteiger partial charge in [-0.15, -0.1) is 0 Å². The molecule has 4 aromatic rings. The summed E-state index contributed by atoms with van der Waals surface area (Å²) in [6, 6.07) is 15.1. The lowest BCUT2D eigenvalue weighted by Gasteiger charge is -2.48. The molecule has 0 radical (unpaired) electrons. The number of hydrogen-bond donors (Lipinski definition) is 1. The van der Waals surface area contributed by atoms with Gasteiger partial charge in [0, 0.05) is 80.6 Å². The van der Waals surface area contributed by atoms with Gasteiger partial charge in [0.05, 0.1) is 17.8 Å². The first kappa shape index (κ1) is 30.5. The summed E-state index contributed by atoms with van der Waals surface area (Å²) in [4.78, 5) is 56.7. The summed E-state index contributed by atoms with van der Waals surface area (Å²) in [5, 5.41) is 3.32. The summed E-state index contributed by atoms with van der Waals surface area (Å²) in [5.41, 5.74) is 4.00. The number of halogens is 1. The number of Topliss-reactive ketones (excluding diaryl/α,β-unsaturated/α-hetero) is 1. The van der Waals surface area contributed by atoms with Gasteiger partial charge in [0.2, 0.25) is 5.88 Å². The second kappa shape index (κ2) is 11.8. The molecule has 0 unspecified atom stereocenters. The van der Waals surface area contributed by atoms with Crippen LogP contribution in [0.25, 0.3) is 22.4 Å². The summed E-state index contributed by atoms with van der Waals surface area (Å²) < 4.78 is 7.78. The molecule has 2 aromatic carbocycles. The van der Waals surface area contributed by atoms with Gasteiger partial charge in [-0.05, 0) is 36.6 Å². The van der Waals surface area contributed by atoms with E-state index in [1.54, 1.807) is 19.2 Å². The van der Waals surface area contributed by atoms with Crippen molar-refractivity contribution in [2.45, 2.75) is 32.7 Å². The zero-order valence-electron chi connectivity index (χ0n) is 25.6. The maximum atomic E-state index is 13.1. The highest BCUT2D eigenvalue weighted by atomic mass is 35.5. The van der Waals surface area contributed by atoms with Crippen molar-refractivity contribution >= 4 is 29.0 Å². The Hall–Kier alpha value is -4.54. The van der Waals surface area contributed by atoms with Crippen molar-refractivity contribution in [1.82, 2.24) is 19.0 Å². The van der Waals surface area contributed by atoms with Crippen LogP contribution < -0.4 is 21.3 Å². The molecule has 1 spiro atoms. The molecule has 232 valence electrons. The van der Waals surface area contributed by atoms with E-state index in [0.29, 0.717) is 47.5 Å². The van der Waals surface area contributed by atoms with Crippen molar-refractivity contribution < 1.29 is 14.3 Å². The average molecular weight is 628 g/mol. The predicted octanol–water partition coefficient (Wildman–Crippen LogP) is 4.59. The minimum Gasteiger partial charge on any atom is -0.481 e. The molecule has 3 heterocycles. The highest BCUT2D eigenvalue weighted by molar-refractivity contribution is 6.36. The van der Waals surface area contributed by atoms with Gasteiger partial charge in [-0.3, -0.25) is 23.9 Å². The van der Waals surface area contributed by atoms with Crippen molar-refractivity contribution in [1.29, 1.82) is 0 Å². The zero-order valence-corrected chi connectivity index (χ0v) is 26.4. The molecule has 0 atom stereocenters. The van der Waals surface area contributed by atoms with Gasteiger partial charge in [0.15, 0.2) is 0 Å². The Kier molecular flexibility index (Phi) is 7.96. The molecule has 11 heteroatoms. The minimum absolute atomic E-state index is 0.143. The SMILES string of the molecule is COc1nc(-c2cccc(-c3cccc(NC(=O)c4cn(C)c(=O)n(C)c4=O)c3C)c2Cl)ccc1CN1CC2(CCC(=O)C2)C1. The Balaban J connectivity index is 1.25. The number of ether oxygens (including phenoxy) is 1. The number of benzene rings is 2. The third-order valence-corrected chi connectivity index (χ3v) is 9.40. The number of carbonyl (C=O) groups is 2. The van der Waals surface area contributed by atoms with Gasteiger partial charge in [-0.25, -0.2) is 9.78 Å². The highest BCUT2D eigenvalue weighted by Gasteiger charge is 2.47. The lowest BCUT2D eigenvalue weighted by atomic mass is 9.78. The zero-order chi connectivity index (χ0) is 32.0. The number of likely N-dealkylation sites (tertiary alicyclic amines) is 1. The van der Waals surface area contributed by atoms with Gasteiger partial charge < -0.3 is 14.6 Å². The Morgan fingerprint density at radius 1 is 1.02 bits per heavy atom. The largest absolute Gasteiger partial charge is 0.481 e. The lowest BCUT2D eigenvalue weighted by Crippen LogP contribution is -2.54. The third kappa shape index (κ3) is 5.60. The van der Waals surface area contributed by atoms with Gasteiger partial charge in [0.1, 0.15) is 11.3 Å². The van der Waals surface area contributed by atoms with E-state index in [2.05, 4.69) is 10.2 Å². The Bertz CT molecular complexity index is 1970. The van der Waals surface area contributed by atoms with Crippen LogP contribution in [0.3, 0.4) is 0 Å². The van der Waals surface area contributed by atoms with E-state index in [-0.39, 0.29) is 11.0 Å². The van der Waals surface area contributed by atoms with Crippen molar-refractivity contribution in [2.24, 2.45) is 19.5 Å². The van der Waals surface area contributed by atoms with E-state index in [0.717, 1.165) is 51.9 Å². The number of pyridine rings is 1. The molecule has 1 saturated heterocycles. The molecule has 1 amide bonds. The van der Waals surface area contributed by atoms with Gasteiger partial charge in [-0.1, -0.05) is 48.0 Å². The molecule has 2 aromatic heterocycles. The van der Waals surface area contributed by atoms with Crippen LogP contribution in [0.5, 0.6) is 5.88 Å². The molecule has 0 bridgehead atoms. The van der Waals surface area contributed by atoms with Crippen molar-refractivity contribution in [3.05, 3.63) is 97.3 Å². The molecule has 1 aliphatic heterocycles. The first-order valence-electron chi connectivity index (χ1n) is 14.7. The number of hydrogen-bond acceptors (Lipinski definition) is 7. The molecular formula is C34H34ClN5O5. The Morgan fingerprint density at radius 3 is 2.44 bits per heavy atom. The van der Waals surface area contributed by atoms with E-state index in [9.17, 15) is 19.2 Å². The Morgan fingerprint density at radius 2 is 1.73 bits per heavy atom. The quantitative estimate of drug-likeness (QED) is 0.319. The molecule has 2 fully saturated rings. The fraction of sp³-hybridized carbons (Fsp3) is 0.324. The summed E-state index contributed by atoms with van der Waals surface area (Å²) >= 11 is 7.03. The number of aryl methyl sites for hydroxylation is 1. The maximum absolute atomic E-state index is 13.1. The van der Waals surface area contributed by atoms with E-state index < -0.39 is 17.2 Å². The van der Waals surface area contributed by atoms with E-state index in [1.807, 2.05) is 43.3 Å². The molecule has 1 N–H and O–H groups in total. The van der Waals surface area contributed by atoms with Gasteiger partial charge in [-0.2, -0.15) is 0 Å². The molecule has 10 nitrogen and oxygen atoms in total. The van der Waals surface area contributed by atoms with Crippen LogP contribution in [0.1, 0.15) is 40.7 Å². The predicted molar refractivity (Wildman–Crippen MR) is 173 cm³/mol. The van der Waals surface area contributed by atoms with Crippen LogP contribution in [0, 0.1) is 12.3 Å². The molecule has 2 aliphatic rings. The summed E-state index contributed by atoms with van der Waals surface area (Å²) in [6.07, 6.45) is 3.61. The van der Waals surface area contributed by atoms with E-state index >= 15 is 0 Å².